The number of hydrogen-bond donors (Lipinski definition) is 0. The molecule has 3 heterocycles. The van der Waals surface area contributed by atoms with Crippen LogP contribution in [0.3, 0.4) is 0 Å². The molecule has 0 spiro atoms. The summed E-state index contributed by atoms with van der Waals surface area (Å²) >= 11 is 8.19. The van der Waals surface area contributed by atoms with E-state index < -0.39 is 27.9 Å². The van der Waals surface area contributed by atoms with Crippen molar-refractivity contribution >= 4 is 66.4 Å². The molecule has 3 aromatic rings. The van der Waals surface area contributed by atoms with Crippen molar-refractivity contribution in [2.45, 2.75) is 43.0 Å². The largest absolute Gasteiger partial charge is 0.462 e. The Balaban J connectivity index is 1.73. The minimum atomic E-state index is -3.89. The molecule has 1 aliphatic heterocycles. The van der Waals surface area contributed by atoms with E-state index >= 15 is 0 Å². The molecule has 1 unspecified atom stereocenters. The number of thiazole rings is 1. The zero-order chi connectivity index (χ0) is 25.9. The van der Waals surface area contributed by atoms with Crippen LogP contribution in [0.1, 0.15) is 36.5 Å². The quantitative estimate of drug-likeness (QED) is 0.379. The van der Waals surface area contributed by atoms with Gasteiger partial charge in [-0.05, 0) is 50.1 Å². The molecule has 13 heteroatoms. The van der Waals surface area contributed by atoms with Crippen molar-refractivity contribution in [3.63, 3.8) is 0 Å². The maximum absolute atomic E-state index is 13.4. The fourth-order valence-corrected chi connectivity index (χ4v) is 8.42. The number of thiophene rings is 1. The van der Waals surface area contributed by atoms with E-state index in [1.165, 1.54) is 27.8 Å². The van der Waals surface area contributed by atoms with Crippen LogP contribution < -0.4 is 4.80 Å². The van der Waals surface area contributed by atoms with Gasteiger partial charge in [0.1, 0.15) is 10.3 Å². The normalized spacial score (nSPS) is 17.5. The summed E-state index contributed by atoms with van der Waals surface area (Å²) in [5.74, 6) is -0.952. The number of fused-ring (bicyclic) bond motifs is 1. The Hall–Kier alpha value is -2.09. The average Bonchev–Trinajstić information content (AvgIpc) is 3.46. The SMILES string of the molecule is CCOC(=O)c1ccc2c(c1)sc(=NC(=O)C1CCCCN1S(=O)(=O)c1ccc(Cl)s1)n2CCOC. The second-order valence-corrected chi connectivity index (χ2v) is 12.9. The van der Waals surface area contributed by atoms with E-state index in [1.54, 1.807) is 32.2 Å². The monoisotopic (exact) mass is 571 g/mol. The van der Waals surface area contributed by atoms with Gasteiger partial charge >= 0.3 is 5.97 Å². The zero-order valence-corrected chi connectivity index (χ0v) is 23.0. The van der Waals surface area contributed by atoms with Gasteiger partial charge in [0, 0.05) is 20.2 Å². The Morgan fingerprint density at radius 3 is 2.69 bits per heavy atom. The number of aromatic nitrogens is 1. The number of halogens is 1. The van der Waals surface area contributed by atoms with Gasteiger partial charge in [0.15, 0.2) is 4.80 Å². The van der Waals surface area contributed by atoms with Crippen LogP contribution >= 0.6 is 34.3 Å². The molecule has 1 saturated heterocycles. The zero-order valence-electron chi connectivity index (χ0n) is 19.8. The summed E-state index contributed by atoms with van der Waals surface area (Å²) in [5, 5.41) is 0. The molecule has 1 aliphatic rings. The summed E-state index contributed by atoms with van der Waals surface area (Å²) in [7, 11) is -2.30. The second-order valence-electron chi connectivity index (χ2n) is 8.07. The van der Waals surface area contributed by atoms with Crippen LogP contribution in [0, 0.1) is 0 Å². The molecule has 0 bridgehead atoms. The molecular formula is C23H26ClN3O6S3. The molecule has 194 valence electrons. The number of piperidine rings is 1. The van der Waals surface area contributed by atoms with Crippen LogP contribution in [0.2, 0.25) is 4.34 Å². The highest BCUT2D eigenvalue weighted by atomic mass is 35.5. The summed E-state index contributed by atoms with van der Waals surface area (Å²) in [6, 6.07) is 7.26. The predicted octanol–water partition coefficient (Wildman–Crippen LogP) is 3.91. The first-order valence-corrected chi connectivity index (χ1v) is 14.9. The van der Waals surface area contributed by atoms with Gasteiger partial charge in [0.2, 0.25) is 0 Å². The number of esters is 1. The predicted molar refractivity (Wildman–Crippen MR) is 139 cm³/mol. The van der Waals surface area contributed by atoms with Crippen LogP contribution in [0.4, 0.5) is 0 Å². The van der Waals surface area contributed by atoms with Crippen LogP contribution in [0.15, 0.2) is 39.5 Å². The molecule has 0 radical (unpaired) electrons. The topological polar surface area (TPSA) is 107 Å². The molecule has 1 fully saturated rings. The second kappa shape index (κ2) is 11.5. The summed E-state index contributed by atoms with van der Waals surface area (Å²) in [5.41, 5.74) is 1.19. The number of amides is 1. The number of methoxy groups -OCH3 is 1. The molecular weight excluding hydrogens is 546 g/mol. The van der Waals surface area contributed by atoms with Crippen molar-refractivity contribution in [2.75, 3.05) is 26.9 Å². The lowest BCUT2D eigenvalue weighted by atomic mass is 10.0. The molecule has 0 aliphatic carbocycles. The minimum Gasteiger partial charge on any atom is -0.462 e. The minimum absolute atomic E-state index is 0.107. The standard InChI is InChI=1S/C23H26ClN3O6S3/c1-3-33-22(29)15-7-8-16-18(14-15)34-23(26(16)12-13-32-2)25-21(28)17-6-4-5-11-27(17)36(30,31)20-10-9-19(24)35-20/h7-10,14,17H,3-6,11-13H2,1-2H3. The number of ether oxygens (including phenoxy) is 2. The highest BCUT2D eigenvalue weighted by Gasteiger charge is 2.38. The van der Waals surface area contributed by atoms with Crippen molar-refractivity contribution in [1.82, 2.24) is 8.87 Å². The van der Waals surface area contributed by atoms with Gasteiger partial charge in [-0.25, -0.2) is 13.2 Å². The van der Waals surface area contributed by atoms with Crippen LogP contribution in [0.25, 0.3) is 10.2 Å². The van der Waals surface area contributed by atoms with E-state index in [2.05, 4.69) is 4.99 Å². The third kappa shape index (κ3) is 5.58. The molecule has 1 aromatic carbocycles. The Labute approximate surface area is 222 Å². The summed E-state index contributed by atoms with van der Waals surface area (Å²) in [4.78, 5) is 30.4. The van der Waals surface area contributed by atoms with Crippen molar-refractivity contribution in [2.24, 2.45) is 4.99 Å². The number of rotatable bonds is 8. The number of sulfonamides is 1. The Morgan fingerprint density at radius 2 is 2.00 bits per heavy atom. The molecule has 4 rings (SSSR count). The molecule has 36 heavy (non-hydrogen) atoms. The highest BCUT2D eigenvalue weighted by molar-refractivity contribution is 7.91. The van der Waals surface area contributed by atoms with Gasteiger partial charge in [0.25, 0.3) is 15.9 Å². The first-order chi connectivity index (χ1) is 17.3. The smallest absolute Gasteiger partial charge is 0.338 e. The van der Waals surface area contributed by atoms with Gasteiger partial charge in [-0.3, -0.25) is 4.79 Å². The van der Waals surface area contributed by atoms with Crippen molar-refractivity contribution in [3.05, 3.63) is 45.0 Å². The van der Waals surface area contributed by atoms with Gasteiger partial charge < -0.3 is 14.0 Å². The Morgan fingerprint density at radius 1 is 1.19 bits per heavy atom. The van der Waals surface area contributed by atoms with Gasteiger partial charge in [-0.1, -0.05) is 29.4 Å². The van der Waals surface area contributed by atoms with E-state index in [-0.39, 0.29) is 17.4 Å². The van der Waals surface area contributed by atoms with Crippen LogP contribution in [0.5, 0.6) is 0 Å². The van der Waals surface area contributed by atoms with E-state index in [0.717, 1.165) is 28.0 Å². The van der Waals surface area contributed by atoms with E-state index in [9.17, 15) is 18.0 Å². The van der Waals surface area contributed by atoms with Crippen LogP contribution in [-0.2, 0) is 30.8 Å². The maximum Gasteiger partial charge on any atom is 0.338 e. The number of benzene rings is 1. The van der Waals surface area contributed by atoms with Gasteiger partial charge in [0.05, 0.1) is 33.3 Å². The highest BCUT2D eigenvalue weighted by Crippen LogP contribution is 2.32. The van der Waals surface area contributed by atoms with E-state index in [0.29, 0.717) is 40.7 Å². The molecule has 0 saturated carbocycles. The lowest BCUT2D eigenvalue weighted by molar-refractivity contribution is -0.122. The third-order valence-electron chi connectivity index (χ3n) is 5.77. The van der Waals surface area contributed by atoms with Crippen LogP contribution in [-0.4, -0.2) is 62.1 Å². The summed E-state index contributed by atoms with van der Waals surface area (Å²) in [6.07, 6.45) is 1.77. The van der Waals surface area contributed by atoms with Gasteiger partial charge in [-0.15, -0.1) is 11.3 Å². The third-order valence-corrected chi connectivity index (χ3v) is 10.4. The van der Waals surface area contributed by atoms with E-state index in [4.69, 9.17) is 21.1 Å². The molecule has 0 N–H and O–H groups in total. The first kappa shape index (κ1) is 27.0. The number of hydrogen-bond acceptors (Lipinski definition) is 8. The van der Waals surface area contributed by atoms with Crippen molar-refractivity contribution in [1.29, 1.82) is 0 Å². The Kier molecular flexibility index (Phi) is 8.63. The lowest BCUT2D eigenvalue weighted by Crippen LogP contribution is -2.47. The van der Waals surface area contributed by atoms with Crippen molar-refractivity contribution < 1.29 is 27.5 Å². The molecule has 1 amide bonds. The fraction of sp³-hybridized carbons (Fsp3) is 0.435. The maximum atomic E-state index is 13.4. The average molecular weight is 572 g/mol. The molecule has 1 atom stereocenters. The number of carbonyl (C=O) groups excluding carboxylic acids is 2. The van der Waals surface area contributed by atoms with Crippen molar-refractivity contribution in [3.8, 4) is 0 Å². The number of carbonyl (C=O) groups is 2. The number of nitrogens with zero attached hydrogens (tertiary/aromatic N) is 3. The summed E-state index contributed by atoms with van der Waals surface area (Å²) in [6.45, 7) is 3.06. The summed E-state index contributed by atoms with van der Waals surface area (Å²) < 4.78 is 41.2. The van der Waals surface area contributed by atoms with E-state index in [1.807, 2.05) is 4.57 Å². The first-order valence-electron chi connectivity index (χ1n) is 11.4. The Bertz CT molecular complexity index is 1440. The lowest BCUT2D eigenvalue weighted by Gasteiger charge is -2.31. The molecule has 9 nitrogen and oxygen atoms in total. The van der Waals surface area contributed by atoms with Gasteiger partial charge in [-0.2, -0.15) is 9.30 Å². The fourth-order valence-electron chi connectivity index (χ4n) is 4.06. The molecule has 2 aromatic heterocycles.